The second-order valence-electron chi connectivity index (χ2n) is 3.06. The van der Waals surface area contributed by atoms with E-state index >= 15 is 0 Å². The van der Waals surface area contributed by atoms with Gasteiger partial charge < -0.3 is 22.3 Å². The molecule has 1 amide bonds. The first-order chi connectivity index (χ1) is 8.02. The number of aliphatic imine (C=N–C) groups is 1. The van der Waals surface area contributed by atoms with Crippen LogP contribution in [0.4, 0.5) is 13.2 Å². The van der Waals surface area contributed by atoms with Gasteiger partial charge in [-0.3, -0.25) is 4.79 Å². The van der Waals surface area contributed by atoms with E-state index in [0.717, 1.165) is 6.42 Å². The minimum atomic E-state index is -5.08. The molecule has 10 heteroatoms. The van der Waals surface area contributed by atoms with E-state index < -0.39 is 24.1 Å². The van der Waals surface area contributed by atoms with Crippen LogP contribution in [0.2, 0.25) is 0 Å². The van der Waals surface area contributed by atoms with Crippen molar-refractivity contribution in [2.45, 2.75) is 32.0 Å². The van der Waals surface area contributed by atoms with E-state index in [-0.39, 0.29) is 5.96 Å². The van der Waals surface area contributed by atoms with Crippen LogP contribution in [0.15, 0.2) is 4.99 Å². The van der Waals surface area contributed by atoms with E-state index in [1.54, 1.807) is 0 Å². The highest BCUT2D eigenvalue weighted by atomic mass is 19.4. The third-order valence-corrected chi connectivity index (χ3v) is 1.44. The SMILES string of the molecule is CCCC(N=C(N)N)C(N)=O.O=C(O)C(F)(F)F. The summed E-state index contributed by atoms with van der Waals surface area (Å²) in [4.78, 5) is 23.2. The standard InChI is InChI=1S/C6H14N4O.C2HF3O2/c1-2-3-4(5(7)11)10-6(8)9;3-2(4,5)1(6)7/h4H,2-3H2,1H3,(H2,7,11)(H4,8,9,10);(H,6,7). The summed E-state index contributed by atoms with van der Waals surface area (Å²) in [5.41, 5.74) is 15.2. The van der Waals surface area contributed by atoms with Crippen LogP contribution in [0.5, 0.6) is 0 Å². The van der Waals surface area contributed by atoms with Crippen molar-refractivity contribution in [1.82, 2.24) is 0 Å². The Morgan fingerprint density at radius 1 is 1.28 bits per heavy atom. The number of rotatable bonds is 4. The maximum atomic E-state index is 10.6. The van der Waals surface area contributed by atoms with Gasteiger partial charge in [-0.2, -0.15) is 13.2 Å². The second kappa shape index (κ2) is 8.14. The van der Waals surface area contributed by atoms with E-state index in [1.807, 2.05) is 6.92 Å². The average molecular weight is 272 g/mol. The summed E-state index contributed by atoms with van der Waals surface area (Å²) >= 11 is 0. The number of amides is 1. The molecule has 7 N–H and O–H groups in total. The predicted molar refractivity (Wildman–Crippen MR) is 57.4 cm³/mol. The summed E-state index contributed by atoms with van der Waals surface area (Å²) < 4.78 is 31.7. The lowest BCUT2D eigenvalue weighted by atomic mass is 10.2. The number of aliphatic carboxylic acids is 1. The summed E-state index contributed by atoms with van der Waals surface area (Å²) in [6.07, 6.45) is -3.67. The molecule has 106 valence electrons. The number of carboxylic acid groups (broad SMARTS) is 1. The highest BCUT2D eigenvalue weighted by Crippen LogP contribution is 2.13. The molecule has 0 heterocycles. The van der Waals surface area contributed by atoms with Gasteiger partial charge in [-0.1, -0.05) is 13.3 Å². The van der Waals surface area contributed by atoms with Gasteiger partial charge in [0.05, 0.1) is 0 Å². The van der Waals surface area contributed by atoms with E-state index in [0.29, 0.717) is 6.42 Å². The normalized spacial score (nSPS) is 11.8. The number of alkyl halides is 3. The molecule has 0 radical (unpaired) electrons. The number of nitrogens with zero attached hydrogens (tertiary/aromatic N) is 1. The van der Waals surface area contributed by atoms with Crippen LogP contribution in [0.25, 0.3) is 0 Å². The number of hydrogen-bond acceptors (Lipinski definition) is 3. The highest BCUT2D eigenvalue weighted by molar-refractivity contribution is 5.84. The summed E-state index contributed by atoms with van der Waals surface area (Å²) in [7, 11) is 0. The minimum absolute atomic E-state index is 0.0951. The van der Waals surface area contributed by atoms with Crippen LogP contribution >= 0.6 is 0 Å². The van der Waals surface area contributed by atoms with Gasteiger partial charge in [0.15, 0.2) is 5.96 Å². The second-order valence-corrected chi connectivity index (χ2v) is 3.06. The lowest BCUT2D eigenvalue weighted by Crippen LogP contribution is -2.32. The van der Waals surface area contributed by atoms with Crippen molar-refractivity contribution in [2.24, 2.45) is 22.2 Å². The number of halogens is 3. The van der Waals surface area contributed by atoms with E-state index in [9.17, 15) is 18.0 Å². The van der Waals surface area contributed by atoms with Crippen molar-refractivity contribution in [2.75, 3.05) is 0 Å². The summed E-state index contributed by atoms with van der Waals surface area (Å²) in [6.45, 7) is 1.93. The molecule has 1 atom stereocenters. The number of nitrogens with two attached hydrogens (primary N) is 3. The number of hydrogen-bond donors (Lipinski definition) is 4. The quantitative estimate of drug-likeness (QED) is 0.404. The number of carbonyl (C=O) groups is 2. The van der Waals surface area contributed by atoms with Crippen LogP contribution in [0.1, 0.15) is 19.8 Å². The van der Waals surface area contributed by atoms with Crippen LogP contribution < -0.4 is 17.2 Å². The van der Waals surface area contributed by atoms with Crippen LogP contribution in [-0.2, 0) is 9.59 Å². The Balaban J connectivity index is 0. The Labute approximate surface area is 101 Å². The number of guanidine groups is 1. The fraction of sp³-hybridized carbons (Fsp3) is 0.625. The van der Waals surface area contributed by atoms with Gasteiger partial charge in [-0.25, -0.2) is 9.79 Å². The molecule has 0 spiro atoms. The molecule has 0 aliphatic heterocycles. The molecule has 0 saturated carbocycles. The lowest BCUT2D eigenvalue weighted by Gasteiger charge is -2.05. The van der Waals surface area contributed by atoms with E-state index in [2.05, 4.69) is 4.99 Å². The summed E-state index contributed by atoms with van der Waals surface area (Å²) in [6, 6.07) is -0.565. The molecule has 0 aliphatic carbocycles. The number of carboxylic acids is 1. The molecule has 18 heavy (non-hydrogen) atoms. The van der Waals surface area contributed by atoms with E-state index in [4.69, 9.17) is 27.1 Å². The Kier molecular flexibility index (Phi) is 8.31. The molecule has 0 bridgehead atoms. The molecule has 0 aromatic carbocycles. The Bertz CT molecular complexity index is 313. The van der Waals surface area contributed by atoms with E-state index in [1.165, 1.54) is 0 Å². The molecular formula is C8H15F3N4O3. The first kappa shape index (κ1) is 18.4. The van der Waals surface area contributed by atoms with Crippen molar-refractivity contribution < 1.29 is 27.9 Å². The smallest absolute Gasteiger partial charge is 0.475 e. The van der Waals surface area contributed by atoms with Gasteiger partial charge >= 0.3 is 12.1 Å². The Morgan fingerprint density at radius 2 is 1.67 bits per heavy atom. The van der Waals surface area contributed by atoms with Crippen molar-refractivity contribution >= 4 is 17.8 Å². The zero-order valence-electron chi connectivity index (χ0n) is 9.57. The number of carbonyl (C=O) groups excluding carboxylic acids is 1. The van der Waals surface area contributed by atoms with Crippen LogP contribution in [0, 0.1) is 0 Å². The zero-order valence-corrected chi connectivity index (χ0v) is 9.57. The minimum Gasteiger partial charge on any atom is -0.475 e. The number of primary amides is 1. The molecule has 0 saturated heterocycles. The molecule has 0 aromatic heterocycles. The largest absolute Gasteiger partial charge is 0.490 e. The van der Waals surface area contributed by atoms with Gasteiger partial charge in [0.1, 0.15) is 6.04 Å². The Morgan fingerprint density at radius 3 is 1.83 bits per heavy atom. The molecule has 0 aliphatic rings. The van der Waals surface area contributed by atoms with Crippen LogP contribution in [0.3, 0.4) is 0 Å². The fourth-order valence-corrected chi connectivity index (χ4v) is 0.724. The highest BCUT2D eigenvalue weighted by Gasteiger charge is 2.38. The lowest BCUT2D eigenvalue weighted by molar-refractivity contribution is -0.192. The van der Waals surface area contributed by atoms with Crippen molar-refractivity contribution in [3.63, 3.8) is 0 Å². The topological polar surface area (TPSA) is 145 Å². The first-order valence-corrected chi connectivity index (χ1v) is 4.70. The van der Waals surface area contributed by atoms with Crippen molar-refractivity contribution in [3.8, 4) is 0 Å². The van der Waals surface area contributed by atoms with Gasteiger partial charge in [-0.05, 0) is 6.42 Å². The monoisotopic (exact) mass is 272 g/mol. The maximum Gasteiger partial charge on any atom is 0.490 e. The van der Waals surface area contributed by atoms with Gasteiger partial charge in [0.2, 0.25) is 5.91 Å². The predicted octanol–water partition coefficient (Wildman–Crippen LogP) is -0.453. The maximum absolute atomic E-state index is 10.6. The molecule has 0 rings (SSSR count). The summed E-state index contributed by atoms with van der Waals surface area (Å²) in [5, 5.41) is 7.12. The van der Waals surface area contributed by atoms with Gasteiger partial charge in [0, 0.05) is 0 Å². The fourth-order valence-electron chi connectivity index (χ4n) is 0.724. The first-order valence-electron chi connectivity index (χ1n) is 4.70. The van der Waals surface area contributed by atoms with Crippen molar-refractivity contribution in [3.05, 3.63) is 0 Å². The molecule has 1 unspecified atom stereocenters. The Hall–Kier alpha value is -2.00. The average Bonchev–Trinajstić information content (AvgIpc) is 2.15. The summed E-state index contributed by atoms with van der Waals surface area (Å²) in [5.74, 6) is -3.34. The molecule has 0 aromatic rings. The third-order valence-electron chi connectivity index (χ3n) is 1.44. The molecular weight excluding hydrogens is 257 g/mol. The zero-order chi connectivity index (χ0) is 14.9. The van der Waals surface area contributed by atoms with Gasteiger partial charge in [0.25, 0.3) is 0 Å². The van der Waals surface area contributed by atoms with Gasteiger partial charge in [-0.15, -0.1) is 0 Å². The molecule has 7 nitrogen and oxygen atoms in total. The van der Waals surface area contributed by atoms with Crippen LogP contribution in [-0.4, -0.2) is 35.2 Å². The third kappa shape index (κ3) is 10.5. The van der Waals surface area contributed by atoms with Crippen molar-refractivity contribution in [1.29, 1.82) is 0 Å². The molecule has 0 fully saturated rings.